The second-order valence-corrected chi connectivity index (χ2v) is 7.86. The Kier molecular flexibility index (Phi) is 5.93. The minimum atomic E-state index is -0.901. The van der Waals surface area contributed by atoms with E-state index in [1.807, 2.05) is 36.4 Å². The van der Waals surface area contributed by atoms with Gasteiger partial charge in [-0.25, -0.2) is 5.01 Å². The summed E-state index contributed by atoms with van der Waals surface area (Å²) in [5.41, 5.74) is 4.11. The Morgan fingerprint density at radius 2 is 1.77 bits per heavy atom. The fourth-order valence-corrected chi connectivity index (χ4v) is 4.46. The average molecular weight is 422 g/mol. The molecule has 0 bridgehead atoms. The lowest BCUT2D eigenvalue weighted by Gasteiger charge is -2.30. The van der Waals surface area contributed by atoms with Gasteiger partial charge in [0.25, 0.3) is 0 Å². The van der Waals surface area contributed by atoms with E-state index in [-0.39, 0.29) is 30.7 Å². The number of fused-ring (bicyclic) bond motifs is 3. The standard InChI is InChI=1S/C24H26N2O5/c1-30-17-10-7-16(8-11-17)24-19-13-9-15-6-12-18(31-2)14-20(15)23(19)25-26(24)21(27)4-3-5-22(28)29/h6-8,10-12,14,19,24H,3-5,9,13H2,1-2H3,(H,28,29)/t19-,24-/m1/s1. The van der Waals surface area contributed by atoms with Crippen LogP contribution in [0.4, 0.5) is 0 Å². The number of aryl methyl sites for hydroxylation is 1. The topological polar surface area (TPSA) is 88.4 Å². The van der Waals surface area contributed by atoms with Gasteiger partial charge in [-0.2, -0.15) is 5.10 Å². The first-order chi connectivity index (χ1) is 15.0. The summed E-state index contributed by atoms with van der Waals surface area (Å²) in [7, 11) is 3.26. The molecule has 1 heterocycles. The Labute approximate surface area is 181 Å². The molecule has 0 saturated heterocycles. The molecule has 1 aliphatic carbocycles. The number of carboxylic acid groups (broad SMARTS) is 1. The van der Waals surface area contributed by atoms with Crippen LogP contribution in [0.2, 0.25) is 0 Å². The van der Waals surface area contributed by atoms with Crippen LogP contribution in [0.15, 0.2) is 47.6 Å². The van der Waals surface area contributed by atoms with Crippen molar-refractivity contribution in [3.05, 3.63) is 59.2 Å². The van der Waals surface area contributed by atoms with Gasteiger partial charge in [0.05, 0.1) is 26.0 Å². The van der Waals surface area contributed by atoms with E-state index in [1.165, 1.54) is 5.56 Å². The summed E-state index contributed by atoms with van der Waals surface area (Å²) in [5.74, 6) is 0.516. The number of amides is 1. The molecule has 31 heavy (non-hydrogen) atoms. The van der Waals surface area contributed by atoms with Gasteiger partial charge in [0.2, 0.25) is 5.91 Å². The molecule has 1 aliphatic heterocycles. The van der Waals surface area contributed by atoms with Crippen LogP contribution in [-0.2, 0) is 16.0 Å². The first-order valence-corrected chi connectivity index (χ1v) is 10.5. The second-order valence-electron chi connectivity index (χ2n) is 7.86. The minimum Gasteiger partial charge on any atom is -0.497 e. The van der Waals surface area contributed by atoms with Crippen molar-refractivity contribution in [2.24, 2.45) is 11.0 Å². The minimum absolute atomic E-state index is 0.0349. The number of hydrazone groups is 1. The van der Waals surface area contributed by atoms with Crippen LogP contribution in [0.5, 0.6) is 11.5 Å². The van der Waals surface area contributed by atoms with Crippen LogP contribution < -0.4 is 9.47 Å². The van der Waals surface area contributed by atoms with E-state index in [4.69, 9.17) is 19.7 Å². The number of carbonyl (C=O) groups excluding carboxylic acids is 1. The Bertz CT molecular complexity index is 1020. The normalized spacial score (nSPS) is 19.3. The number of carboxylic acids is 1. The van der Waals surface area contributed by atoms with Crippen LogP contribution in [0.1, 0.15) is 48.4 Å². The lowest BCUT2D eigenvalue weighted by molar-refractivity contribution is -0.137. The van der Waals surface area contributed by atoms with Crippen LogP contribution in [0, 0.1) is 5.92 Å². The fraction of sp³-hybridized carbons (Fsp3) is 0.375. The van der Waals surface area contributed by atoms with E-state index >= 15 is 0 Å². The third-order valence-electron chi connectivity index (χ3n) is 6.02. The maximum Gasteiger partial charge on any atom is 0.303 e. The van der Waals surface area contributed by atoms with Crippen molar-refractivity contribution < 1.29 is 24.2 Å². The lowest BCUT2D eigenvalue weighted by atomic mass is 9.77. The third kappa shape index (κ3) is 4.13. The number of hydrogen-bond donors (Lipinski definition) is 1. The summed E-state index contributed by atoms with van der Waals surface area (Å²) in [6.45, 7) is 0. The molecule has 0 radical (unpaired) electrons. The molecule has 0 fully saturated rings. The molecule has 162 valence electrons. The Morgan fingerprint density at radius 1 is 1.06 bits per heavy atom. The Balaban J connectivity index is 1.70. The quantitative estimate of drug-likeness (QED) is 0.733. The molecule has 1 amide bonds. The molecule has 2 atom stereocenters. The number of carbonyl (C=O) groups is 2. The molecular formula is C24H26N2O5. The van der Waals surface area contributed by atoms with Gasteiger partial charge in [-0.3, -0.25) is 9.59 Å². The highest BCUT2D eigenvalue weighted by atomic mass is 16.5. The molecule has 7 heteroatoms. The molecule has 2 aromatic rings. The highest BCUT2D eigenvalue weighted by Gasteiger charge is 2.43. The molecule has 0 aromatic heterocycles. The zero-order chi connectivity index (χ0) is 22.0. The molecule has 0 saturated carbocycles. The first-order valence-electron chi connectivity index (χ1n) is 10.5. The summed E-state index contributed by atoms with van der Waals surface area (Å²) >= 11 is 0. The van der Waals surface area contributed by atoms with Crippen molar-refractivity contribution in [1.82, 2.24) is 5.01 Å². The first kappa shape index (κ1) is 20.9. The summed E-state index contributed by atoms with van der Waals surface area (Å²) in [6.07, 6.45) is 2.19. The highest BCUT2D eigenvalue weighted by Crippen LogP contribution is 2.44. The van der Waals surface area contributed by atoms with E-state index in [2.05, 4.69) is 6.07 Å². The summed E-state index contributed by atoms with van der Waals surface area (Å²) in [6, 6.07) is 13.5. The van der Waals surface area contributed by atoms with Gasteiger partial charge in [0, 0.05) is 24.3 Å². The number of benzene rings is 2. The van der Waals surface area contributed by atoms with Crippen molar-refractivity contribution in [3.8, 4) is 11.5 Å². The molecule has 7 nitrogen and oxygen atoms in total. The summed E-state index contributed by atoms with van der Waals surface area (Å²) < 4.78 is 10.7. The fourth-order valence-electron chi connectivity index (χ4n) is 4.46. The Hall–Kier alpha value is -3.35. The lowest BCUT2D eigenvalue weighted by Crippen LogP contribution is -2.32. The largest absolute Gasteiger partial charge is 0.497 e. The van der Waals surface area contributed by atoms with Crippen molar-refractivity contribution >= 4 is 17.6 Å². The van der Waals surface area contributed by atoms with Crippen LogP contribution in [0.25, 0.3) is 0 Å². The molecular weight excluding hydrogens is 396 g/mol. The molecule has 1 N–H and O–H groups in total. The third-order valence-corrected chi connectivity index (χ3v) is 6.02. The molecule has 2 aromatic carbocycles. The number of ether oxygens (including phenoxy) is 2. The molecule has 0 unspecified atom stereocenters. The van der Waals surface area contributed by atoms with Gasteiger partial charge < -0.3 is 14.6 Å². The Morgan fingerprint density at radius 3 is 2.45 bits per heavy atom. The van der Waals surface area contributed by atoms with Gasteiger partial charge >= 0.3 is 5.97 Å². The SMILES string of the molecule is COc1ccc([C@@H]2[C@@H]3CCc4ccc(OC)cc4C3=NN2C(=O)CCCC(=O)O)cc1. The van der Waals surface area contributed by atoms with E-state index in [0.29, 0.717) is 6.42 Å². The number of methoxy groups -OCH3 is 2. The van der Waals surface area contributed by atoms with E-state index in [9.17, 15) is 9.59 Å². The summed E-state index contributed by atoms with van der Waals surface area (Å²) in [5, 5.41) is 15.3. The maximum atomic E-state index is 13.1. The number of hydrogen-bond acceptors (Lipinski definition) is 5. The van der Waals surface area contributed by atoms with Crippen LogP contribution >= 0.6 is 0 Å². The van der Waals surface area contributed by atoms with Gasteiger partial charge in [0.15, 0.2) is 0 Å². The predicted molar refractivity (Wildman–Crippen MR) is 115 cm³/mol. The zero-order valence-corrected chi connectivity index (χ0v) is 17.7. The van der Waals surface area contributed by atoms with E-state index < -0.39 is 5.97 Å². The molecule has 2 aliphatic rings. The van der Waals surface area contributed by atoms with Crippen molar-refractivity contribution in [1.29, 1.82) is 0 Å². The van der Waals surface area contributed by atoms with Crippen LogP contribution in [0.3, 0.4) is 0 Å². The van der Waals surface area contributed by atoms with Gasteiger partial charge in [-0.15, -0.1) is 0 Å². The average Bonchev–Trinajstić information content (AvgIpc) is 3.18. The van der Waals surface area contributed by atoms with Gasteiger partial charge in [-0.1, -0.05) is 18.2 Å². The van der Waals surface area contributed by atoms with Gasteiger partial charge in [-0.05, 0) is 54.7 Å². The zero-order valence-electron chi connectivity index (χ0n) is 17.7. The van der Waals surface area contributed by atoms with Crippen molar-refractivity contribution in [3.63, 3.8) is 0 Å². The van der Waals surface area contributed by atoms with Crippen molar-refractivity contribution in [2.45, 2.75) is 38.1 Å². The smallest absolute Gasteiger partial charge is 0.303 e. The summed E-state index contributed by atoms with van der Waals surface area (Å²) in [4.78, 5) is 24.0. The molecule has 0 spiro atoms. The predicted octanol–water partition coefficient (Wildman–Crippen LogP) is 3.81. The number of nitrogens with zero attached hydrogens (tertiary/aromatic N) is 2. The monoisotopic (exact) mass is 422 g/mol. The number of rotatable bonds is 7. The highest BCUT2D eigenvalue weighted by molar-refractivity contribution is 6.07. The number of aliphatic carboxylic acids is 1. The molecule has 4 rings (SSSR count). The van der Waals surface area contributed by atoms with E-state index in [1.54, 1.807) is 19.2 Å². The van der Waals surface area contributed by atoms with Crippen LogP contribution in [-0.4, -0.2) is 41.9 Å². The van der Waals surface area contributed by atoms with Gasteiger partial charge in [0.1, 0.15) is 11.5 Å². The second kappa shape index (κ2) is 8.79. The van der Waals surface area contributed by atoms with Crippen molar-refractivity contribution in [2.75, 3.05) is 14.2 Å². The maximum absolute atomic E-state index is 13.1. The van der Waals surface area contributed by atoms with E-state index in [0.717, 1.165) is 41.2 Å².